The summed E-state index contributed by atoms with van der Waals surface area (Å²) in [4.78, 5) is 46.3. The second-order valence-electron chi connectivity index (χ2n) is 8.13. The highest BCUT2D eigenvalue weighted by Crippen LogP contribution is 2.32. The van der Waals surface area contributed by atoms with Gasteiger partial charge in [-0.15, -0.1) is 0 Å². The van der Waals surface area contributed by atoms with Crippen molar-refractivity contribution in [3.63, 3.8) is 0 Å². The fourth-order valence-electron chi connectivity index (χ4n) is 3.87. The second-order valence-corrected chi connectivity index (χ2v) is 10.4. The number of hydrogen-bond donors (Lipinski definition) is 1. The number of ether oxygens (including phenoxy) is 2. The molecule has 1 N–H and O–H groups in total. The molecule has 0 saturated carbocycles. The number of carbonyl (C=O) groups is 3. The van der Waals surface area contributed by atoms with Crippen LogP contribution in [0.1, 0.15) is 23.2 Å². The van der Waals surface area contributed by atoms with Crippen LogP contribution in [0.25, 0.3) is 0 Å². The van der Waals surface area contributed by atoms with Crippen molar-refractivity contribution < 1.29 is 37.2 Å². The first-order valence-electron chi connectivity index (χ1n) is 10.8. The van der Waals surface area contributed by atoms with Gasteiger partial charge in [-0.25, -0.2) is 8.42 Å². The number of fused-ring (bicyclic) bond motifs is 1. The number of Topliss-reactive ketones (excluding diaryl/α,β-unsaturated/α-hetero) is 1. The number of ketones is 1. The molecule has 1 saturated heterocycles. The summed E-state index contributed by atoms with van der Waals surface area (Å²) in [5, 5.41) is 13.5. The first kappa shape index (κ1) is 25.5. The molecule has 2 aliphatic rings. The van der Waals surface area contributed by atoms with Gasteiger partial charge >= 0.3 is 5.97 Å². The van der Waals surface area contributed by atoms with E-state index in [2.05, 4.69) is 5.32 Å². The van der Waals surface area contributed by atoms with Gasteiger partial charge in [0.2, 0.25) is 10.0 Å². The van der Waals surface area contributed by atoms with Crippen molar-refractivity contribution in [2.45, 2.75) is 17.7 Å². The lowest BCUT2D eigenvalue weighted by Gasteiger charge is -2.30. The molecule has 0 bridgehead atoms. The Morgan fingerprint density at radius 3 is 2.61 bits per heavy atom. The predicted octanol–water partition coefficient (Wildman–Crippen LogP) is 2.41. The van der Waals surface area contributed by atoms with Crippen molar-refractivity contribution in [3.05, 3.63) is 57.1 Å². The summed E-state index contributed by atoms with van der Waals surface area (Å²) >= 11 is 5.99. The number of anilines is 1. The number of non-ortho nitro benzene ring substituents is 1. The van der Waals surface area contributed by atoms with Gasteiger partial charge in [0.05, 0.1) is 21.6 Å². The SMILES string of the molecule is O=C1COc2ccc(C(=O)COC(=O)C3CCN(S(=O)(=O)c4cc([N+](=O)[O-])ccc4Cl)CC3)cc2N1. The molecule has 0 spiro atoms. The van der Waals surface area contributed by atoms with Crippen molar-refractivity contribution in [1.82, 2.24) is 4.31 Å². The molecular weight excluding hydrogens is 518 g/mol. The zero-order valence-corrected chi connectivity index (χ0v) is 20.2. The molecule has 0 radical (unpaired) electrons. The number of halogens is 1. The van der Waals surface area contributed by atoms with Crippen molar-refractivity contribution >= 4 is 50.7 Å². The minimum Gasteiger partial charge on any atom is -0.482 e. The van der Waals surface area contributed by atoms with E-state index in [9.17, 15) is 32.9 Å². The molecule has 2 heterocycles. The molecule has 14 heteroatoms. The smallest absolute Gasteiger partial charge is 0.309 e. The normalized spacial score (nSPS) is 16.4. The highest BCUT2D eigenvalue weighted by molar-refractivity contribution is 7.89. The van der Waals surface area contributed by atoms with Crippen molar-refractivity contribution in [1.29, 1.82) is 0 Å². The molecule has 1 amide bonds. The van der Waals surface area contributed by atoms with Crippen molar-refractivity contribution in [3.8, 4) is 5.75 Å². The summed E-state index contributed by atoms with van der Waals surface area (Å²) in [6.07, 6.45) is 0.280. The van der Waals surface area contributed by atoms with Gasteiger partial charge in [0.15, 0.2) is 19.0 Å². The maximum Gasteiger partial charge on any atom is 0.309 e. The van der Waals surface area contributed by atoms with Crippen LogP contribution in [0.4, 0.5) is 11.4 Å². The monoisotopic (exact) mass is 537 g/mol. The number of carbonyl (C=O) groups excluding carboxylic acids is 3. The van der Waals surface area contributed by atoms with Crippen LogP contribution < -0.4 is 10.1 Å². The number of esters is 1. The van der Waals surface area contributed by atoms with Crippen LogP contribution in [0.3, 0.4) is 0 Å². The lowest BCUT2D eigenvalue weighted by atomic mass is 9.98. The number of nitrogens with one attached hydrogen (secondary N) is 1. The fourth-order valence-corrected chi connectivity index (χ4v) is 5.83. The maximum atomic E-state index is 13.0. The summed E-state index contributed by atoms with van der Waals surface area (Å²) in [6, 6.07) is 7.63. The zero-order valence-electron chi connectivity index (χ0n) is 18.6. The minimum atomic E-state index is -4.12. The van der Waals surface area contributed by atoms with Gasteiger partial charge in [-0.05, 0) is 37.1 Å². The molecule has 0 unspecified atom stereocenters. The van der Waals surface area contributed by atoms with E-state index in [1.807, 2.05) is 0 Å². The lowest BCUT2D eigenvalue weighted by Crippen LogP contribution is -2.40. The minimum absolute atomic E-state index is 0.0282. The Morgan fingerprint density at radius 2 is 1.92 bits per heavy atom. The first-order chi connectivity index (χ1) is 17.1. The van der Waals surface area contributed by atoms with Crippen molar-refractivity contribution in [2.75, 3.05) is 31.6 Å². The molecule has 36 heavy (non-hydrogen) atoms. The third-order valence-electron chi connectivity index (χ3n) is 5.81. The Hall–Kier alpha value is -3.55. The van der Waals surface area contributed by atoms with Gasteiger partial charge in [-0.3, -0.25) is 24.5 Å². The molecule has 0 aliphatic carbocycles. The number of piperidine rings is 1. The summed E-state index contributed by atoms with van der Waals surface area (Å²) in [5.41, 5.74) is 0.165. The number of rotatable bonds is 7. The van der Waals surface area contributed by atoms with Gasteiger partial charge in [0.1, 0.15) is 10.6 Å². The van der Waals surface area contributed by atoms with Crippen LogP contribution >= 0.6 is 11.6 Å². The Labute approximate surface area is 210 Å². The molecule has 0 aromatic heterocycles. The highest BCUT2D eigenvalue weighted by atomic mass is 35.5. The van der Waals surface area contributed by atoms with E-state index in [1.165, 1.54) is 18.2 Å². The quantitative estimate of drug-likeness (QED) is 0.242. The predicted molar refractivity (Wildman–Crippen MR) is 125 cm³/mol. The fraction of sp³-hybridized carbons (Fsp3) is 0.318. The first-order valence-corrected chi connectivity index (χ1v) is 12.6. The van der Waals surface area contributed by atoms with E-state index >= 15 is 0 Å². The average molecular weight is 538 g/mol. The van der Waals surface area contributed by atoms with Gasteiger partial charge in [-0.2, -0.15) is 4.31 Å². The molecule has 2 aromatic rings. The molecule has 1 fully saturated rings. The van der Waals surface area contributed by atoms with Crippen LogP contribution in [0.2, 0.25) is 5.02 Å². The Balaban J connectivity index is 1.33. The number of benzene rings is 2. The standard InChI is InChI=1S/C22H20ClN3O9S/c23-16-3-2-15(26(30)31)10-20(16)36(32,33)25-7-5-13(6-8-25)22(29)35-11-18(27)14-1-4-19-17(9-14)24-21(28)12-34-19/h1-4,9-10,13H,5-8,11-12H2,(H,24,28). The number of sulfonamides is 1. The molecule has 0 atom stereocenters. The lowest BCUT2D eigenvalue weighted by molar-refractivity contribution is -0.385. The molecule has 2 aliphatic heterocycles. The topological polar surface area (TPSA) is 162 Å². The molecule has 2 aromatic carbocycles. The van der Waals surface area contributed by atoms with Gasteiger partial charge in [0, 0.05) is 30.8 Å². The second kappa shape index (κ2) is 10.2. The third kappa shape index (κ3) is 5.32. The average Bonchev–Trinajstić information content (AvgIpc) is 2.86. The van der Waals surface area contributed by atoms with E-state index in [4.69, 9.17) is 21.1 Å². The molecule has 4 rings (SSSR count). The van der Waals surface area contributed by atoms with E-state index in [0.717, 1.165) is 22.5 Å². The van der Waals surface area contributed by atoms with Gasteiger partial charge in [0.25, 0.3) is 11.6 Å². The van der Waals surface area contributed by atoms with E-state index in [-0.39, 0.29) is 53.9 Å². The van der Waals surface area contributed by atoms with Crippen LogP contribution in [0, 0.1) is 16.0 Å². The largest absolute Gasteiger partial charge is 0.482 e. The number of nitro groups is 1. The summed E-state index contributed by atoms with van der Waals surface area (Å²) in [6.45, 7) is -0.691. The van der Waals surface area contributed by atoms with E-state index < -0.39 is 44.9 Å². The Bertz CT molecular complexity index is 1350. The van der Waals surface area contributed by atoms with Crippen LogP contribution in [0.5, 0.6) is 5.75 Å². The number of amides is 1. The number of nitrogens with zero attached hydrogens (tertiary/aromatic N) is 2. The number of nitro benzene ring substituents is 1. The third-order valence-corrected chi connectivity index (χ3v) is 8.19. The maximum absolute atomic E-state index is 13.0. The van der Waals surface area contributed by atoms with E-state index in [0.29, 0.717) is 11.4 Å². The highest BCUT2D eigenvalue weighted by Gasteiger charge is 2.35. The Morgan fingerprint density at radius 1 is 1.19 bits per heavy atom. The zero-order chi connectivity index (χ0) is 26.0. The summed E-state index contributed by atoms with van der Waals surface area (Å²) < 4.78 is 37.5. The van der Waals surface area contributed by atoms with Gasteiger partial charge < -0.3 is 14.8 Å². The molecular formula is C22H20ClN3O9S. The molecule has 190 valence electrons. The van der Waals surface area contributed by atoms with Crippen LogP contribution in [-0.2, 0) is 24.3 Å². The summed E-state index contributed by atoms with van der Waals surface area (Å²) in [5.74, 6) is -1.66. The summed E-state index contributed by atoms with van der Waals surface area (Å²) in [7, 11) is -4.12. The van der Waals surface area contributed by atoms with Crippen molar-refractivity contribution in [2.24, 2.45) is 5.92 Å². The number of hydrogen-bond acceptors (Lipinski definition) is 9. The molecule has 12 nitrogen and oxygen atoms in total. The van der Waals surface area contributed by atoms with Crippen LogP contribution in [0.15, 0.2) is 41.3 Å². The van der Waals surface area contributed by atoms with Gasteiger partial charge in [-0.1, -0.05) is 11.6 Å². The Kier molecular flexibility index (Phi) is 7.24. The van der Waals surface area contributed by atoms with E-state index in [1.54, 1.807) is 0 Å². The van der Waals surface area contributed by atoms with Crippen LogP contribution in [-0.4, -0.2) is 61.6 Å².